The van der Waals surface area contributed by atoms with Crippen molar-refractivity contribution in [3.05, 3.63) is 23.3 Å². The van der Waals surface area contributed by atoms with Crippen LogP contribution in [0.2, 0.25) is 0 Å². The van der Waals surface area contributed by atoms with Crippen molar-refractivity contribution in [3.8, 4) is 0 Å². The predicted molar refractivity (Wildman–Crippen MR) is 137 cm³/mol. The summed E-state index contributed by atoms with van der Waals surface area (Å²) >= 11 is 0. The van der Waals surface area contributed by atoms with Crippen molar-refractivity contribution in [2.75, 3.05) is 0 Å². The Bertz CT molecular complexity index is 1230. The van der Waals surface area contributed by atoms with Crippen LogP contribution in [0.1, 0.15) is 80.1 Å². The molecule has 2 aliphatic heterocycles. The highest BCUT2D eigenvalue weighted by molar-refractivity contribution is 5.98. The highest BCUT2D eigenvalue weighted by Crippen LogP contribution is 2.75. The number of carbonyl (C=O) groups excluding carboxylic acids is 3. The highest BCUT2D eigenvalue weighted by atomic mass is 16.7. The van der Waals surface area contributed by atoms with E-state index in [1.54, 1.807) is 13.0 Å². The van der Waals surface area contributed by atoms with Crippen molar-refractivity contribution in [1.29, 1.82) is 0 Å². The molecule has 11 atom stereocenters. The van der Waals surface area contributed by atoms with Gasteiger partial charge in [0.15, 0.2) is 11.9 Å². The molecule has 3 unspecified atom stereocenters. The zero-order valence-corrected chi connectivity index (χ0v) is 23.6. The molecule has 9 heteroatoms. The summed E-state index contributed by atoms with van der Waals surface area (Å²) < 4.78 is 17.5. The average Bonchev–Trinajstić information content (AvgIpc) is 3.55. The van der Waals surface area contributed by atoms with Crippen LogP contribution < -0.4 is 0 Å². The number of ether oxygens (including phenoxy) is 3. The molecule has 0 bridgehead atoms. The van der Waals surface area contributed by atoms with Crippen molar-refractivity contribution in [2.45, 2.75) is 121 Å². The van der Waals surface area contributed by atoms with E-state index >= 15 is 0 Å². The number of fused-ring (bicyclic) bond motifs is 4. The molecule has 6 rings (SSSR count). The average molecular weight is 545 g/mol. The lowest BCUT2D eigenvalue weighted by atomic mass is 9.42. The van der Waals surface area contributed by atoms with E-state index in [1.165, 1.54) is 19.9 Å². The lowest BCUT2D eigenvalue weighted by molar-refractivity contribution is -0.283. The number of hydrogen-bond acceptors (Lipinski definition) is 9. The number of epoxide rings is 1. The van der Waals surface area contributed by atoms with Crippen LogP contribution >= 0.6 is 0 Å². The largest absolute Gasteiger partial charge is 0.455 e. The Labute approximate surface area is 228 Å². The van der Waals surface area contributed by atoms with Gasteiger partial charge in [0.05, 0.1) is 17.1 Å². The van der Waals surface area contributed by atoms with Crippen LogP contribution in [-0.2, 0) is 28.6 Å². The third-order valence-corrected chi connectivity index (χ3v) is 12.4. The Morgan fingerprint density at radius 2 is 1.82 bits per heavy atom. The maximum absolute atomic E-state index is 13.6. The Morgan fingerprint density at radius 1 is 1.13 bits per heavy atom. The zero-order chi connectivity index (χ0) is 28.6. The minimum atomic E-state index is -1.83. The molecule has 0 radical (unpaired) electrons. The first kappa shape index (κ1) is 27.1. The molecule has 6 aliphatic rings. The first-order valence-electron chi connectivity index (χ1n) is 14.1. The van der Waals surface area contributed by atoms with Crippen molar-refractivity contribution in [1.82, 2.24) is 0 Å². The van der Waals surface area contributed by atoms with Gasteiger partial charge in [-0.25, -0.2) is 4.79 Å². The topological polar surface area (TPSA) is 143 Å². The lowest BCUT2D eigenvalue weighted by Crippen LogP contribution is -2.73. The normalized spacial score (nSPS) is 51.7. The van der Waals surface area contributed by atoms with Gasteiger partial charge < -0.3 is 29.5 Å². The number of allylic oxidation sites excluding steroid dienone is 1. The first-order chi connectivity index (χ1) is 18.0. The fourth-order valence-electron chi connectivity index (χ4n) is 9.70. The summed E-state index contributed by atoms with van der Waals surface area (Å²) in [5.41, 5.74) is -6.82. The molecule has 3 saturated carbocycles. The van der Waals surface area contributed by atoms with Crippen LogP contribution in [0.4, 0.5) is 0 Å². The van der Waals surface area contributed by atoms with Crippen LogP contribution in [0, 0.1) is 22.7 Å². The van der Waals surface area contributed by atoms with Crippen LogP contribution in [0.25, 0.3) is 0 Å². The quantitative estimate of drug-likeness (QED) is 0.360. The SMILES string of the molecule is CC(=O)O[C@H]1C=CC(=O)[C@]2(C)C3CC[C@]4(C)[C@](O)([C@@](C)(O)C5CC(C)=C(C)C(=O)O5)CC[C@@]4(O)C3C[C@H]3O[C@]132. The molecule has 0 amide bonds. The van der Waals surface area contributed by atoms with Gasteiger partial charge in [-0.1, -0.05) is 12.5 Å². The molecule has 1 saturated heterocycles. The molecule has 2 heterocycles. The number of cyclic esters (lactones) is 1. The van der Waals surface area contributed by atoms with Gasteiger partial charge in [-0.15, -0.1) is 0 Å². The molecule has 0 aromatic carbocycles. The maximum Gasteiger partial charge on any atom is 0.334 e. The van der Waals surface area contributed by atoms with Gasteiger partial charge in [0.25, 0.3) is 0 Å². The van der Waals surface area contributed by atoms with E-state index in [2.05, 4.69) is 0 Å². The standard InChI is InChI=1S/C30H40O9/c1-15-13-22(38-24(33)16(15)2)27(6,34)29(36)12-11-28(35)19-14-23-30(39-23)21(37-17(3)31)8-7-20(32)26(30,5)18(19)9-10-25(28,29)4/h7-8,18-19,21-23,34-36H,9-14H2,1-6H3/t18?,19?,21-,22?,23+,25-,26-,27-,28+,29-,30+/m0/s1. The first-order valence-corrected chi connectivity index (χ1v) is 14.1. The number of esters is 2. The van der Waals surface area contributed by atoms with E-state index in [9.17, 15) is 29.7 Å². The summed E-state index contributed by atoms with van der Waals surface area (Å²) in [5, 5.41) is 37.0. The lowest BCUT2D eigenvalue weighted by Gasteiger charge is -2.63. The third-order valence-electron chi connectivity index (χ3n) is 12.4. The van der Waals surface area contributed by atoms with Gasteiger partial charge in [-0.3, -0.25) is 9.59 Å². The summed E-state index contributed by atoms with van der Waals surface area (Å²) in [7, 11) is 0. The molecular formula is C30H40O9. The monoisotopic (exact) mass is 544 g/mol. The van der Waals surface area contributed by atoms with Crippen LogP contribution in [0.15, 0.2) is 23.3 Å². The smallest absolute Gasteiger partial charge is 0.334 e. The second-order valence-electron chi connectivity index (χ2n) is 13.6. The molecular weight excluding hydrogens is 504 g/mol. The summed E-state index contributed by atoms with van der Waals surface area (Å²) in [6.45, 7) is 10.1. The van der Waals surface area contributed by atoms with Crippen molar-refractivity contribution >= 4 is 17.7 Å². The minimum Gasteiger partial charge on any atom is -0.455 e. The number of rotatable bonds is 3. The van der Waals surface area contributed by atoms with E-state index in [4.69, 9.17) is 14.2 Å². The maximum atomic E-state index is 13.6. The Morgan fingerprint density at radius 3 is 2.46 bits per heavy atom. The second kappa shape index (κ2) is 7.81. The van der Waals surface area contributed by atoms with Crippen molar-refractivity contribution in [2.24, 2.45) is 22.7 Å². The summed E-state index contributed by atoms with van der Waals surface area (Å²) in [6, 6.07) is 0. The number of carbonyl (C=O) groups is 3. The van der Waals surface area contributed by atoms with Gasteiger partial charge in [0.2, 0.25) is 0 Å². The number of hydrogen-bond donors (Lipinski definition) is 3. The zero-order valence-electron chi connectivity index (χ0n) is 23.6. The van der Waals surface area contributed by atoms with Crippen molar-refractivity contribution in [3.63, 3.8) is 0 Å². The van der Waals surface area contributed by atoms with Gasteiger partial charge in [0.1, 0.15) is 22.9 Å². The molecule has 0 aromatic rings. The molecule has 4 aliphatic carbocycles. The Balaban J connectivity index is 1.37. The molecule has 9 nitrogen and oxygen atoms in total. The summed E-state index contributed by atoms with van der Waals surface area (Å²) in [6.07, 6.45) is 2.97. The van der Waals surface area contributed by atoms with Gasteiger partial charge in [-0.05, 0) is 83.8 Å². The fraction of sp³-hybridized carbons (Fsp3) is 0.767. The van der Waals surface area contributed by atoms with E-state index in [0.29, 0.717) is 31.3 Å². The third kappa shape index (κ3) is 2.92. The van der Waals surface area contributed by atoms with Crippen LogP contribution in [0.5, 0.6) is 0 Å². The van der Waals surface area contributed by atoms with Gasteiger partial charge in [-0.2, -0.15) is 0 Å². The Kier molecular flexibility index (Phi) is 5.43. The van der Waals surface area contributed by atoms with E-state index < -0.39 is 69.4 Å². The molecule has 3 N–H and O–H groups in total. The molecule has 1 spiro atoms. The van der Waals surface area contributed by atoms with E-state index in [-0.39, 0.29) is 24.5 Å². The molecule has 0 aromatic heterocycles. The van der Waals surface area contributed by atoms with Gasteiger partial charge in [0, 0.05) is 24.3 Å². The van der Waals surface area contributed by atoms with Crippen LogP contribution in [-0.4, -0.2) is 73.8 Å². The predicted octanol–water partition coefficient (Wildman–Crippen LogP) is 2.30. The summed E-state index contributed by atoms with van der Waals surface area (Å²) in [5.74, 6) is -1.74. The molecule has 39 heavy (non-hydrogen) atoms. The van der Waals surface area contributed by atoms with Gasteiger partial charge >= 0.3 is 11.9 Å². The minimum absolute atomic E-state index is 0.109. The second-order valence-corrected chi connectivity index (χ2v) is 13.6. The van der Waals surface area contributed by atoms with E-state index in [1.807, 2.05) is 20.8 Å². The summed E-state index contributed by atoms with van der Waals surface area (Å²) in [4.78, 5) is 38.0. The molecule has 214 valence electrons. The van der Waals surface area contributed by atoms with Crippen molar-refractivity contribution < 1.29 is 43.9 Å². The highest BCUT2D eigenvalue weighted by Gasteiger charge is 2.84. The molecule has 4 fully saturated rings. The number of ketones is 1. The number of aliphatic hydroxyl groups is 3. The Hall–Kier alpha value is -2.07. The van der Waals surface area contributed by atoms with E-state index in [0.717, 1.165) is 5.57 Å². The fourth-order valence-corrected chi connectivity index (χ4v) is 9.70. The van der Waals surface area contributed by atoms with Crippen LogP contribution in [0.3, 0.4) is 0 Å².